The van der Waals surface area contributed by atoms with E-state index in [1.54, 1.807) is 18.2 Å². The molecule has 0 N–H and O–H groups in total. The van der Waals surface area contributed by atoms with Crippen LogP contribution in [0.3, 0.4) is 0 Å². The highest BCUT2D eigenvalue weighted by atomic mass is 19.4. The van der Waals surface area contributed by atoms with Gasteiger partial charge in [-0.25, -0.2) is 9.97 Å². The minimum atomic E-state index is -4.55. The van der Waals surface area contributed by atoms with Crippen LogP contribution in [-0.2, 0) is 6.18 Å². The summed E-state index contributed by atoms with van der Waals surface area (Å²) in [6.07, 6.45) is -4.55. The van der Waals surface area contributed by atoms with Crippen LogP contribution in [0.15, 0.2) is 24.3 Å². The number of para-hydroxylation sites is 2. The van der Waals surface area contributed by atoms with Gasteiger partial charge in [0.15, 0.2) is 5.69 Å². The van der Waals surface area contributed by atoms with Crippen molar-refractivity contribution in [2.45, 2.75) is 13.1 Å². The molecule has 0 aliphatic rings. The first kappa shape index (κ1) is 11.4. The molecule has 2 aromatic rings. The third-order valence-corrected chi connectivity index (χ3v) is 2.08. The van der Waals surface area contributed by atoms with Gasteiger partial charge in [-0.15, -0.1) is 0 Å². The van der Waals surface area contributed by atoms with Crippen LogP contribution >= 0.6 is 0 Å². The molecular weight excluding hydrogens is 229 g/mol. The maximum atomic E-state index is 12.7. The molecule has 2 nitrogen and oxygen atoms in total. The van der Waals surface area contributed by atoms with Crippen molar-refractivity contribution in [3.63, 3.8) is 0 Å². The Morgan fingerprint density at radius 2 is 1.65 bits per heavy atom. The molecule has 0 bridgehead atoms. The van der Waals surface area contributed by atoms with E-state index in [2.05, 4.69) is 21.8 Å². The van der Waals surface area contributed by atoms with E-state index in [0.29, 0.717) is 5.52 Å². The number of alkyl halides is 3. The second-order valence-corrected chi connectivity index (χ2v) is 3.28. The first-order valence-electron chi connectivity index (χ1n) is 4.79. The van der Waals surface area contributed by atoms with Gasteiger partial charge >= 0.3 is 6.18 Å². The lowest BCUT2D eigenvalue weighted by molar-refractivity contribution is -0.141. The van der Waals surface area contributed by atoms with Gasteiger partial charge in [-0.05, 0) is 25.0 Å². The number of rotatable bonds is 0. The van der Waals surface area contributed by atoms with Crippen LogP contribution in [0.2, 0.25) is 0 Å². The van der Waals surface area contributed by atoms with Crippen molar-refractivity contribution in [2.75, 3.05) is 0 Å². The number of benzene rings is 1. The molecule has 0 radical (unpaired) electrons. The average molecular weight is 236 g/mol. The lowest BCUT2D eigenvalue weighted by Gasteiger charge is -2.08. The molecule has 1 aromatic heterocycles. The Labute approximate surface area is 95.5 Å². The molecule has 0 aliphatic heterocycles. The van der Waals surface area contributed by atoms with Crippen LogP contribution in [0.1, 0.15) is 18.3 Å². The molecule has 2 rings (SSSR count). The lowest BCUT2D eigenvalue weighted by atomic mass is 10.2. The van der Waals surface area contributed by atoms with Crippen molar-refractivity contribution in [3.05, 3.63) is 35.7 Å². The Balaban J connectivity index is 2.78. The molecule has 5 heteroatoms. The number of nitrogens with zero attached hydrogens (tertiary/aromatic N) is 2. The standard InChI is InChI=1S/C12H7F3N2/c1-2-5-10-11(12(13,14)15)17-9-7-4-3-6-8(9)16-10/h3-4,6-7H,1H3. The topological polar surface area (TPSA) is 25.8 Å². The summed E-state index contributed by atoms with van der Waals surface area (Å²) in [6, 6.07) is 6.39. The fraction of sp³-hybridized carbons (Fsp3) is 0.167. The van der Waals surface area contributed by atoms with Gasteiger partial charge in [0.1, 0.15) is 5.69 Å². The lowest BCUT2D eigenvalue weighted by Crippen LogP contribution is -2.12. The summed E-state index contributed by atoms with van der Waals surface area (Å²) in [6.45, 7) is 1.46. The molecule has 0 saturated heterocycles. The Hall–Kier alpha value is -2.09. The van der Waals surface area contributed by atoms with Crippen LogP contribution in [0.4, 0.5) is 13.2 Å². The fourth-order valence-electron chi connectivity index (χ4n) is 1.40. The summed E-state index contributed by atoms with van der Waals surface area (Å²) in [7, 11) is 0. The smallest absolute Gasteiger partial charge is 0.239 e. The average Bonchev–Trinajstić information content (AvgIpc) is 2.27. The van der Waals surface area contributed by atoms with Crippen LogP contribution in [0.25, 0.3) is 11.0 Å². The van der Waals surface area contributed by atoms with E-state index >= 15 is 0 Å². The highest BCUT2D eigenvalue weighted by Gasteiger charge is 2.36. The van der Waals surface area contributed by atoms with E-state index in [1.165, 1.54) is 13.0 Å². The molecule has 0 fully saturated rings. The van der Waals surface area contributed by atoms with E-state index in [1.807, 2.05) is 0 Å². The zero-order valence-electron chi connectivity index (χ0n) is 8.84. The van der Waals surface area contributed by atoms with E-state index in [-0.39, 0.29) is 11.2 Å². The summed E-state index contributed by atoms with van der Waals surface area (Å²) in [5.41, 5.74) is -0.760. The second-order valence-electron chi connectivity index (χ2n) is 3.28. The maximum absolute atomic E-state index is 12.7. The summed E-state index contributed by atoms with van der Waals surface area (Å²) in [5.74, 6) is 4.74. The van der Waals surface area contributed by atoms with Crippen molar-refractivity contribution in [1.29, 1.82) is 0 Å². The van der Waals surface area contributed by atoms with Gasteiger partial charge in [0, 0.05) is 0 Å². The molecule has 0 saturated carbocycles. The molecule has 17 heavy (non-hydrogen) atoms. The SMILES string of the molecule is CC#Cc1nc2ccccc2nc1C(F)(F)F. The molecule has 0 amide bonds. The highest BCUT2D eigenvalue weighted by Crippen LogP contribution is 2.30. The molecular formula is C12H7F3N2. The largest absolute Gasteiger partial charge is 0.436 e. The Kier molecular flexibility index (Phi) is 2.72. The summed E-state index contributed by atoms with van der Waals surface area (Å²) < 4.78 is 38.2. The van der Waals surface area contributed by atoms with E-state index < -0.39 is 11.9 Å². The van der Waals surface area contributed by atoms with E-state index in [9.17, 15) is 13.2 Å². The van der Waals surface area contributed by atoms with Crippen LogP contribution in [0.5, 0.6) is 0 Å². The maximum Gasteiger partial charge on any atom is 0.436 e. The van der Waals surface area contributed by atoms with Gasteiger partial charge in [0.2, 0.25) is 0 Å². The van der Waals surface area contributed by atoms with Gasteiger partial charge in [0.25, 0.3) is 0 Å². The monoisotopic (exact) mass is 236 g/mol. The number of hydrogen-bond acceptors (Lipinski definition) is 2. The second kappa shape index (κ2) is 4.06. The molecule has 0 atom stereocenters. The first-order valence-corrected chi connectivity index (χ1v) is 4.79. The van der Waals surface area contributed by atoms with Crippen LogP contribution in [0, 0.1) is 11.8 Å². The molecule has 1 heterocycles. The summed E-state index contributed by atoms with van der Waals surface area (Å²) >= 11 is 0. The minimum Gasteiger partial charge on any atom is -0.239 e. The van der Waals surface area contributed by atoms with Crippen LogP contribution in [-0.4, -0.2) is 9.97 Å². The first-order chi connectivity index (χ1) is 8.02. The van der Waals surface area contributed by atoms with Crippen molar-refractivity contribution in [2.24, 2.45) is 0 Å². The molecule has 86 valence electrons. The number of fused-ring (bicyclic) bond motifs is 1. The highest BCUT2D eigenvalue weighted by molar-refractivity contribution is 5.74. The van der Waals surface area contributed by atoms with Crippen molar-refractivity contribution in [3.8, 4) is 11.8 Å². The minimum absolute atomic E-state index is 0.210. The fourth-order valence-corrected chi connectivity index (χ4v) is 1.40. The van der Waals surface area contributed by atoms with Gasteiger partial charge < -0.3 is 0 Å². The third-order valence-electron chi connectivity index (χ3n) is 2.08. The number of hydrogen-bond donors (Lipinski definition) is 0. The third kappa shape index (κ3) is 2.21. The molecule has 0 unspecified atom stereocenters. The van der Waals surface area contributed by atoms with Crippen LogP contribution < -0.4 is 0 Å². The van der Waals surface area contributed by atoms with Crippen molar-refractivity contribution in [1.82, 2.24) is 9.97 Å². The van der Waals surface area contributed by atoms with Gasteiger partial charge in [-0.3, -0.25) is 0 Å². The van der Waals surface area contributed by atoms with Gasteiger partial charge in [0.05, 0.1) is 11.0 Å². The summed E-state index contributed by atoms with van der Waals surface area (Å²) in [5, 5.41) is 0. The molecule has 1 aromatic carbocycles. The quantitative estimate of drug-likeness (QED) is 0.657. The normalized spacial score (nSPS) is 11.1. The Morgan fingerprint density at radius 3 is 2.18 bits per heavy atom. The Morgan fingerprint density at radius 1 is 1.06 bits per heavy atom. The zero-order chi connectivity index (χ0) is 12.5. The van der Waals surface area contributed by atoms with Crippen molar-refractivity contribution < 1.29 is 13.2 Å². The van der Waals surface area contributed by atoms with Gasteiger partial charge in [-0.2, -0.15) is 13.2 Å². The molecule has 0 aliphatic carbocycles. The number of aromatic nitrogens is 2. The van der Waals surface area contributed by atoms with E-state index in [0.717, 1.165) is 0 Å². The molecule has 0 spiro atoms. The zero-order valence-corrected chi connectivity index (χ0v) is 8.84. The number of halogens is 3. The predicted molar refractivity (Wildman–Crippen MR) is 57.1 cm³/mol. The van der Waals surface area contributed by atoms with Crippen molar-refractivity contribution >= 4 is 11.0 Å². The van der Waals surface area contributed by atoms with Gasteiger partial charge in [-0.1, -0.05) is 18.1 Å². The predicted octanol–water partition coefficient (Wildman–Crippen LogP) is 3.02. The summed E-state index contributed by atoms with van der Waals surface area (Å²) in [4.78, 5) is 7.45. The van der Waals surface area contributed by atoms with E-state index in [4.69, 9.17) is 0 Å². The Bertz CT molecular complexity index is 621.